The van der Waals surface area contributed by atoms with E-state index in [0.717, 1.165) is 23.7 Å². The lowest BCUT2D eigenvalue weighted by Crippen LogP contribution is -2.15. The van der Waals surface area contributed by atoms with Crippen LogP contribution in [0.4, 0.5) is 18.9 Å². The molecule has 0 aliphatic heterocycles. The number of amides is 1. The summed E-state index contributed by atoms with van der Waals surface area (Å²) in [5.74, 6) is -0.229. The molecule has 4 aromatic rings. The smallest absolute Gasteiger partial charge is 0.320 e. The zero-order chi connectivity index (χ0) is 23.0. The molecule has 10 heteroatoms. The van der Waals surface area contributed by atoms with Gasteiger partial charge in [0.2, 0.25) is 0 Å². The Morgan fingerprint density at radius 2 is 1.75 bits per heavy atom. The fourth-order valence-corrected chi connectivity index (χ4v) is 3.37. The van der Waals surface area contributed by atoms with Crippen LogP contribution in [0.3, 0.4) is 0 Å². The van der Waals surface area contributed by atoms with Gasteiger partial charge in [-0.1, -0.05) is 12.1 Å². The average molecular weight is 440 g/mol. The number of carbonyl (C=O) groups excluding carboxylic acids is 1. The number of rotatable bonds is 4. The molecule has 1 amide bonds. The van der Waals surface area contributed by atoms with Crippen molar-refractivity contribution in [1.82, 2.24) is 24.5 Å². The summed E-state index contributed by atoms with van der Waals surface area (Å²) in [6, 6.07) is 11.3. The summed E-state index contributed by atoms with van der Waals surface area (Å²) < 4.78 is 41.4. The summed E-state index contributed by atoms with van der Waals surface area (Å²) in [6.45, 7) is 5.45. The van der Waals surface area contributed by atoms with E-state index in [1.807, 2.05) is 32.0 Å². The second-order valence-electron chi connectivity index (χ2n) is 7.27. The number of aromatic nitrogens is 5. The van der Waals surface area contributed by atoms with Gasteiger partial charge in [0.25, 0.3) is 5.91 Å². The molecule has 164 valence electrons. The van der Waals surface area contributed by atoms with Crippen LogP contribution >= 0.6 is 0 Å². The number of halogens is 3. The van der Waals surface area contributed by atoms with Gasteiger partial charge >= 0.3 is 6.18 Å². The van der Waals surface area contributed by atoms with Gasteiger partial charge < -0.3 is 5.32 Å². The largest absolute Gasteiger partial charge is 0.417 e. The zero-order valence-corrected chi connectivity index (χ0v) is 17.5. The highest BCUT2D eigenvalue weighted by Crippen LogP contribution is 2.29. The highest BCUT2D eigenvalue weighted by molar-refractivity contribution is 6.06. The van der Waals surface area contributed by atoms with Crippen LogP contribution in [0.1, 0.15) is 33.0 Å². The summed E-state index contributed by atoms with van der Waals surface area (Å²) >= 11 is 0. The number of nitrogens with zero attached hydrogens (tertiary/aromatic N) is 5. The van der Waals surface area contributed by atoms with Crippen LogP contribution in [0, 0.1) is 20.8 Å². The predicted octanol–water partition coefficient (Wildman–Crippen LogP) is 4.65. The van der Waals surface area contributed by atoms with Crippen molar-refractivity contribution in [2.24, 2.45) is 0 Å². The molecule has 0 saturated carbocycles. The lowest BCUT2D eigenvalue weighted by molar-refractivity contribution is -0.137. The second-order valence-corrected chi connectivity index (χ2v) is 7.27. The Morgan fingerprint density at radius 1 is 1.00 bits per heavy atom. The van der Waals surface area contributed by atoms with E-state index in [1.165, 1.54) is 16.9 Å². The number of aryl methyl sites for hydroxylation is 2. The summed E-state index contributed by atoms with van der Waals surface area (Å²) in [5, 5.41) is 11.5. The zero-order valence-electron chi connectivity index (χ0n) is 17.5. The molecule has 1 aromatic carbocycles. The van der Waals surface area contributed by atoms with Crippen molar-refractivity contribution in [3.8, 4) is 11.5 Å². The number of pyridine rings is 1. The van der Waals surface area contributed by atoms with Crippen molar-refractivity contribution < 1.29 is 18.0 Å². The Kier molecular flexibility index (Phi) is 5.29. The van der Waals surface area contributed by atoms with Gasteiger partial charge in [-0.2, -0.15) is 23.4 Å². The quantitative estimate of drug-likeness (QED) is 0.501. The molecule has 0 unspecified atom stereocenters. The van der Waals surface area contributed by atoms with Crippen LogP contribution in [-0.2, 0) is 6.18 Å². The molecule has 3 aromatic heterocycles. The summed E-state index contributed by atoms with van der Waals surface area (Å²) in [4.78, 5) is 16.8. The number of alkyl halides is 3. The second kappa shape index (κ2) is 7.95. The molecular formula is C22H19F3N6O. The minimum atomic E-state index is -4.48. The van der Waals surface area contributed by atoms with Crippen LogP contribution < -0.4 is 5.32 Å². The molecule has 0 fully saturated rings. The maximum Gasteiger partial charge on any atom is 0.417 e. The van der Waals surface area contributed by atoms with Crippen molar-refractivity contribution in [2.75, 3.05) is 5.32 Å². The van der Waals surface area contributed by atoms with Crippen LogP contribution in [0.2, 0.25) is 0 Å². The van der Waals surface area contributed by atoms with E-state index < -0.39 is 17.6 Å². The molecular weight excluding hydrogens is 421 g/mol. The van der Waals surface area contributed by atoms with Gasteiger partial charge in [-0.25, -0.2) is 14.3 Å². The molecule has 4 rings (SSSR count). The van der Waals surface area contributed by atoms with E-state index in [1.54, 1.807) is 23.7 Å². The summed E-state index contributed by atoms with van der Waals surface area (Å²) in [7, 11) is 0. The molecule has 0 aliphatic rings. The lowest BCUT2D eigenvalue weighted by Gasteiger charge is -2.12. The maximum atomic E-state index is 13.0. The topological polar surface area (TPSA) is 77.6 Å². The molecule has 7 nitrogen and oxygen atoms in total. The number of nitrogens with one attached hydrogen (secondary N) is 1. The molecule has 0 saturated heterocycles. The number of benzene rings is 1. The first-order valence-electron chi connectivity index (χ1n) is 9.67. The van der Waals surface area contributed by atoms with E-state index >= 15 is 0 Å². The number of carbonyl (C=O) groups is 1. The Hall–Kier alpha value is -3.95. The third-order valence-corrected chi connectivity index (χ3v) is 4.94. The number of para-hydroxylation sites is 2. The van der Waals surface area contributed by atoms with Crippen LogP contribution in [0.25, 0.3) is 11.5 Å². The highest BCUT2D eigenvalue weighted by atomic mass is 19.4. The minimum Gasteiger partial charge on any atom is -0.320 e. The SMILES string of the molecule is Cc1cc(C)n(-c2ccccc2NC(=O)c2cnn(-c3ccc(C(F)(F)F)cn3)c2C)n1. The van der Waals surface area contributed by atoms with Gasteiger partial charge in [-0.3, -0.25) is 4.79 Å². The van der Waals surface area contributed by atoms with Gasteiger partial charge in [-0.15, -0.1) is 0 Å². The molecule has 3 heterocycles. The average Bonchev–Trinajstić information content (AvgIpc) is 3.29. The maximum absolute atomic E-state index is 13.0. The van der Waals surface area contributed by atoms with Crippen LogP contribution in [0.5, 0.6) is 0 Å². The van der Waals surface area contributed by atoms with E-state index in [9.17, 15) is 18.0 Å². The standard InChI is InChI=1S/C22H19F3N6O/c1-13-10-14(2)30(29-13)19-7-5-4-6-18(19)28-21(32)17-12-27-31(15(17)3)20-9-8-16(11-26-20)22(23,24)25/h4-12H,1-3H3,(H,28,32). The number of hydrogen-bond donors (Lipinski definition) is 1. The molecule has 1 N–H and O–H groups in total. The van der Waals surface area contributed by atoms with Crippen molar-refractivity contribution in [2.45, 2.75) is 26.9 Å². The molecule has 0 bridgehead atoms. The van der Waals surface area contributed by atoms with E-state index in [0.29, 0.717) is 17.1 Å². The monoisotopic (exact) mass is 440 g/mol. The van der Waals surface area contributed by atoms with Gasteiger partial charge in [0.15, 0.2) is 5.82 Å². The number of anilines is 1. The molecule has 0 atom stereocenters. The van der Waals surface area contributed by atoms with E-state index in [2.05, 4.69) is 20.5 Å². The Labute approximate surface area is 181 Å². The molecule has 0 radical (unpaired) electrons. The van der Waals surface area contributed by atoms with Crippen LogP contribution in [0.15, 0.2) is 54.9 Å². The molecule has 32 heavy (non-hydrogen) atoms. The first-order chi connectivity index (χ1) is 15.1. The summed E-state index contributed by atoms with van der Waals surface area (Å²) in [6.07, 6.45) is -2.38. The van der Waals surface area contributed by atoms with Gasteiger partial charge in [-0.05, 0) is 51.1 Å². The lowest BCUT2D eigenvalue weighted by atomic mass is 10.2. The Bertz CT molecular complexity index is 1290. The van der Waals surface area contributed by atoms with Crippen LogP contribution in [-0.4, -0.2) is 30.5 Å². The highest BCUT2D eigenvalue weighted by Gasteiger charge is 2.31. The van der Waals surface area contributed by atoms with Crippen molar-refractivity contribution in [3.63, 3.8) is 0 Å². The fourth-order valence-electron chi connectivity index (χ4n) is 3.37. The van der Waals surface area contributed by atoms with E-state index in [4.69, 9.17) is 0 Å². The predicted molar refractivity (Wildman–Crippen MR) is 112 cm³/mol. The third-order valence-electron chi connectivity index (χ3n) is 4.94. The van der Waals surface area contributed by atoms with Gasteiger partial charge in [0.1, 0.15) is 0 Å². The Balaban J connectivity index is 1.61. The molecule has 0 spiro atoms. The van der Waals surface area contributed by atoms with Gasteiger partial charge in [0.05, 0.1) is 40.1 Å². The Morgan fingerprint density at radius 3 is 2.38 bits per heavy atom. The fraction of sp³-hybridized carbons (Fsp3) is 0.182. The van der Waals surface area contributed by atoms with Gasteiger partial charge in [0, 0.05) is 11.9 Å². The first kappa shape index (κ1) is 21.3. The van der Waals surface area contributed by atoms with Crippen molar-refractivity contribution in [1.29, 1.82) is 0 Å². The summed E-state index contributed by atoms with van der Waals surface area (Å²) in [5.41, 5.74) is 2.90. The molecule has 0 aliphatic carbocycles. The number of hydrogen-bond acceptors (Lipinski definition) is 4. The third kappa shape index (κ3) is 3.98. The van der Waals surface area contributed by atoms with Crippen molar-refractivity contribution in [3.05, 3.63) is 83.1 Å². The first-order valence-corrected chi connectivity index (χ1v) is 9.67. The van der Waals surface area contributed by atoms with E-state index in [-0.39, 0.29) is 11.4 Å². The minimum absolute atomic E-state index is 0.178. The normalized spacial score (nSPS) is 11.6. The van der Waals surface area contributed by atoms with Crippen molar-refractivity contribution >= 4 is 11.6 Å².